The zero-order valence-electron chi connectivity index (χ0n) is 8.14. The van der Waals surface area contributed by atoms with Gasteiger partial charge in [-0.05, 0) is 6.92 Å². The van der Waals surface area contributed by atoms with Gasteiger partial charge >= 0.3 is 6.03 Å². The van der Waals surface area contributed by atoms with Crippen molar-refractivity contribution >= 4 is 16.1 Å². The van der Waals surface area contributed by atoms with E-state index in [4.69, 9.17) is 5.73 Å². The molecule has 0 unspecified atom stereocenters. The van der Waals surface area contributed by atoms with Gasteiger partial charge in [0.05, 0.1) is 5.75 Å². The Labute approximate surface area is 83.7 Å². The average molecular weight is 221 g/mol. The maximum Gasteiger partial charge on any atom is 0.314 e. The van der Waals surface area contributed by atoms with E-state index in [1.807, 2.05) is 0 Å². The highest BCUT2D eigenvalue weighted by atomic mass is 32.2. The van der Waals surface area contributed by atoms with Crippen LogP contribution in [-0.2, 0) is 10.0 Å². The van der Waals surface area contributed by atoms with Crippen LogP contribution < -0.4 is 5.73 Å². The molecule has 6 nitrogen and oxygen atoms in total. The van der Waals surface area contributed by atoms with Gasteiger partial charge < -0.3 is 10.6 Å². The first kappa shape index (κ1) is 11.3. The fourth-order valence-electron chi connectivity index (χ4n) is 1.37. The normalized spacial score (nSPS) is 19.6. The van der Waals surface area contributed by atoms with E-state index in [2.05, 4.69) is 0 Å². The van der Waals surface area contributed by atoms with E-state index in [1.54, 1.807) is 6.92 Å². The molecule has 0 saturated carbocycles. The molecule has 0 radical (unpaired) electrons. The van der Waals surface area contributed by atoms with E-state index in [-0.39, 0.29) is 5.75 Å². The van der Waals surface area contributed by atoms with Crippen molar-refractivity contribution in [2.45, 2.75) is 6.92 Å². The van der Waals surface area contributed by atoms with Crippen molar-refractivity contribution in [1.82, 2.24) is 9.21 Å². The van der Waals surface area contributed by atoms with Gasteiger partial charge in [-0.25, -0.2) is 13.2 Å². The highest BCUT2D eigenvalue weighted by molar-refractivity contribution is 7.89. The van der Waals surface area contributed by atoms with Gasteiger partial charge in [0.1, 0.15) is 0 Å². The number of carbonyl (C=O) groups excluding carboxylic acids is 1. The van der Waals surface area contributed by atoms with Crippen LogP contribution >= 0.6 is 0 Å². The number of sulfonamides is 1. The Morgan fingerprint density at radius 3 is 2.14 bits per heavy atom. The standard InChI is InChI=1S/C7H15N3O3S/c1-2-14(12,13)10-5-3-9(4-6-10)7(8)11/h2-6H2,1H3,(H2,8,11). The summed E-state index contributed by atoms with van der Waals surface area (Å²) in [6.07, 6.45) is 0. The largest absolute Gasteiger partial charge is 0.351 e. The number of hydrogen-bond acceptors (Lipinski definition) is 3. The Bertz CT molecular complexity index is 306. The van der Waals surface area contributed by atoms with Crippen molar-refractivity contribution in [3.8, 4) is 0 Å². The van der Waals surface area contributed by atoms with E-state index in [0.717, 1.165) is 0 Å². The minimum Gasteiger partial charge on any atom is -0.351 e. The Morgan fingerprint density at radius 2 is 1.79 bits per heavy atom. The second-order valence-corrected chi connectivity index (χ2v) is 5.38. The fourth-order valence-corrected chi connectivity index (χ4v) is 2.45. The predicted octanol–water partition coefficient (Wildman–Crippen LogP) is -0.968. The van der Waals surface area contributed by atoms with Crippen LogP contribution in [0.2, 0.25) is 0 Å². The number of nitrogens with zero attached hydrogens (tertiary/aromatic N) is 2. The molecular weight excluding hydrogens is 206 g/mol. The highest BCUT2D eigenvalue weighted by Crippen LogP contribution is 2.07. The predicted molar refractivity (Wildman–Crippen MR) is 52.2 cm³/mol. The number of piperazine rings is 1. The van der Waals surface area contributed by atoms with Crippen LogP contribution in [0.5, 0.6) is 0 Å². The number of hydrogen-bond donors (Lipinski definition) is 1. The third-order valence-corrected chi connectivity index (χ3v) is 4.19. The lowest BCUT2D eigenvalue weighted by molar-refractivity contribution is 0.181. The smallest absolute Gasteiger partial charge is 0.314 e. The summed E-state index contributed by atoms with van der Waals surface area (Å²) in [4.78, 5) is 12.2. The zero-order valence-corrected chi connectivity index (χ0v) is 8.96. The van der Waals surface area contributed by atoms with Crippen LogP contribution in [0.3, 0.4) is 0 Å². The molecule has 1 rings (SSSR count). The van der Waals surface area contributed by atoms with E-state index in [9.17, 15) is 13.2 Å². The minimum atomic E-state index is -3.12. The van der Waals surface area contributed by atoms with Crippen LogP contribution in [-0.4, -0.2) is 55.6 Å². The molecule has 2 amide bonds. The molecule has 14 heavy (non-hydrogen) atoms. The monoisotopic (exact) mass is 221 g/mol. The summed E-state index contributed by atoms with van der Waals surface area (Å²) < 4.78 is 24.2. The van der Waals surface area contributed by atoms with Crippen LogP contribution in [0.15, 0.2) is 0 Å². The maximum atomic E-state index is 11.4. The molecule has 1 aliphatic rings. The number of urea groups is 1. The summed E-state index contributed by atoms with van der Waals surface area (Å²) in [6, 6.07) is -0.487. The summed E-state index contributed by atoms with van der Waals surface area (Å²) >= 11 is 0. The van der Waals surface area contributed by atoms with Crippen molar-refractivity contribution in [2.75, 3.05) is 31.9 Å². The fraction of sp³-hybridized carbons (Fsp3) is 0.857. The molecule has 7 heteroatoms. The number of carbonyl (C=O) groups is 1. The summed E-state index contributed by atoms with van der Waals surface area (Å²) in [7, 11) is -3.12. The zero-order chi connectivity index (χ0) is 10.8. The van der Waals surface area contributed by atoms with E-state index < -0.39 is 16.1 Å². The molecule has 0 aromatic carbocycles. The number of amides is 2. The Balaban J connectivity index is 2.56. The third kappa shape index (κ3) is 2.36. The van der Waals surface area contributed by atoms with E-state index >= 15 is 0 Å². The Morgan fingerprint density at radius 1 is 1.29 bits per heavy atom. The summed E-state index contributed by atoms with van der Waals surface area (Å²) in [6.45, 7) is 3.07. The average Bonchev–Trinajstić information content (AvgIpc) is 2.18. The van der Waals surface area contributed by atoms with E-state index in [0.29, 0.717) is 26.2 Å². The molecule has 1 saturated heterocycles. The SMILES string of the molecule is CCS(=O)(=O)N1CCN(C(N)=O)CC1. The first-order valence-electron chi connectivity index (χ1n) is 4.49. The first-order chi connectivity index (χ1) is 6.47. The molecule has 1 fully saturated rings. The van der Waals surface area contributed by atoms with Gasteiger partial charge in [0.2, 0.25) is 10.0 Å². The van der Waals surface area contributed by atoms with Crippen molar-refractivity contribution in [3.63, 3.8) is 0 Å². The van der Waals surface area contributed by atoms with Gasteiger partial charge in [-0.3, -0.25) is 0 Å². The molecule has 0 spiro atoms. The van der Waals surface area contributed by atoms with Gasteiger partial charge in [-0.2, -0.15) is 4.31 Å². The molecule has 0 atom stereocenters. The minimum absolute atomic E-state index is 0.101. The lowest BCUT2D eigenvalue weighted by Crippen LogP contribution is -2.52. The first-order valence-corrected chi connectivity index (χ1v) is 6.10. The molecule has 0 bridgehead atoms. The van der Waals surface area contributed by atoms with Gasteiger partial charge in [-0.15, -0.1) is 0 Å². The van der Waals surface area contributed by atoms with E-state index in [1.165, 1.54) is 9.21 Å². The third-order valence-electron chi connectivity index (χ3n) is 2.31. The second-order valence-electron chi connectivity index (χ2n) is 3.12. The molecular formula is C7H15N3O3S. The van der Waals surface area contributed by atoms with Crippen LogP contribution in [0.25, 0.3) is 0 Å². The lowest BCUT2D eigenvalue weighted by atomic mass is 10.4. The van der Waals surface area contributed by atoms with Crippen molar-refractivity contribution in [1.29, 1.82) is 0 Å². The lowest BCUT2D eigenvalue weighted by Gasteiger charge is -2.32. The van der Waals surface area contributed by atoms with Crippen molar-refractivity contribution in [3.05, 3.63) is 0 Å². The number of nitrogens with two attached hydrogens (primary N) is 1. The highest BCUT2D eigenvalue weighted by Gasteiger charge is 2.26. The van der Waals surface area contributed by atoms with Gasteiger partial charge in [0.15, 0.2) is 0 Å². The number of rotatable bonds is 2. The molecule has 82 valence electrons. The van der Waals surface area contributed by atoms with Gasteiger partial charge in [-0.1, -0.05) is 0 Å². The number of primary amides is 1. The van der Waals surface area contributed by atoms with Crippen LogP contribution in [0.1, 0.15) is 6.92 Å². The molecule has 1 aliphatic heterocycles. The second kappa shape index (κ2) is 4.14. The Kier molecular flexibility index (Phi) is 3.33. The summed E-state index contributed by atoms with van der Waals surface area (Å²) in [5.41, 5.74) is 5.07. The quantitative estimate of drug-likeness (QED) is 0.651. The molecule has 1 heterocycles. The summed E-state index contributed by atoms with van der Waals surface area (Å²) in [5, 5.41) is 0. The van der Waals surface area contributed by atoms with Crippen LogP contribution in [0, 0.1) is 0 Å². The maximum absolute atomic E-state index is 11.4. The van der Waals surface area contributed by atoms with Crippen molar-refractivity contribution in [2.24, 2.45) is 5.73 Å². The molecule has 0 aliphatic carbocycles. The molecule has 0 aromatic heterocycles. The molecule has 0 aromatic rings. The van der Waals surface area contributed by atoms with Crippen molar-refractivity contribution < 1.29 is 13.2 Å². The van der Waals surface area contributed by atoms with Gasteiger partial charge in [0.25, 0.3) is 0 Å². The summed E-state index contributed by atoms with van der Waals surface area (Å²) in [5.74, 6) is 0.101. The van der Waals surface area contributed by atoms with Gasteiger partial charge in [0, 0.05) is 26.2 Å². The van der Waals surface area contributed by atoms with Crippen LogP contribution in [0.4, 0.5) is 4.79 Å². The topological polar surface area (TPSA) is 83.7 Å². The molecule has 2 N–H and O–H groups in total. The Hall–Kier alpha value is -0.820.